The molecule has 1 aromatic carbocycles. The van der Waals surface area contributed by atoms with Crippen molar-refractivity contribution in [2.24, 2.45) is 0 Å². The Morgan fingerprint density at radius 1 is 1.20 bits per heavy atom. The van der Waals surface area contributed by atoms with Crippen molar-refractivity contribution in [3.05, 3.63) is 64.2 Å². The van der Waals surface area contributed by atoms with Crippen LogP contribution in [0, 0.1) is 0 Å². The first-order valence-corrected chi connectivity index (χ1v) is 7.44. The second-order valence-corrected chi connectivity index (χ2v) is 5.25. The Balaban J connectivity index is 1.94. The Kier molecular flexibility index (Phi) is 3.52. The number of aromatic nitrogens is 3. The van der Waals surface area contributed by atoms with Gasteiger partial charge in [-0.1, -0.05) is 30.0 Å². The van der Waals surface area contributed by atoms with Gasteiger partial charge < -0.3 is 4.98 Å². The molecule has 0 aliphatic heterocycles. The molecule has 0 fully saturated rings. The molecule has 0 saturated heterocycles. The van der Waals surface area contributed by atoms with Gasteiger partial charge in [0.05, 0.1) is 5.52 Å². The molecule has 5 heteroatoms. The molecular formula is C15H13N3OS. The monoisotopic (exact) mass is 283 g/mol. The number of hydrogen-bond donors (Lipinski definition) is 1. The van der Waals surface area contributed by atoms with E-state index in [1.54, 1.807) is 6.20 Å². The molecule has 0 amide bonds. The predicted octanol–water partition coefficient (Wildman–Crippen LogP) is 2.63. The third-order valence-corrected chi connectivity index (χ3v) is 3.68. The van der Waals surface area contributed by atoms with Crippen molar-refractivity contribution in [2.45, 2.75) is 11.6 Å². The second kappa shape index (κ2) is 5.46. The van der Waals surface area contributed by atoms with Crippen LogP contribution >= 0.6 is 11.8 Å². The summed E-state index contributed by atoms with van der Waals surface area (Å²) in [6, 6.07) is 10.00. The van der Waals surface area contributed by atoms with Gasteiger partial charge in [-0.15, -0.1) is 0 Å². The van der Waals surface area contributed by atoms with Crippen molar-refractivity contribution in [2.75, 3.05) is 6.26 Å². The van der Waals surface area contributed by atoms with Gasteiger partial charge in [-0.2, -0.15) is 0 Å². The van der Waals surface area contributed by atoms with Crippen LogP contribution in [0.3, 0.4) is 0 Å². The lowest BCUT2D eigenvalue weighted by molar-refractivity contribution is 0.901. The number of hydrogen-bond acceptors (Lipinski definition) is 4. The SMILES string of the molecule is CSc1ncc(Cc2cnc3ccccc3c2)c(=O)[nH]1. The largest absolute Gasteiger partial charge is 0.301 e. The molecule has 0 aliphatic carbocycles. The van der Waals surface area contributed by atoms with Crippen LogP contribution < -0.4 is 5.56 Å². The van der Waals surface area contributed by atoms with Gasteiger partial charge >= 0.3 is 0 Å². The summed E-state index contributed by atoms with van der Waals surface area (Å²) in [7, 11) is 0. The first-order valence-electron chi connectivity index (χ1n) is 6.22. The zero-order valence-electron chi connectivity index (χ0n) is 11.0. The summed E-state index contributed by atoms with van der Waals surface area (Å²) in [4.78, 5) is 23.3. The van der Waals surface area contributed by atoms with Gasteiger partial charge in [0.2, 0.25) is 0 Å². The molecule has 0 radical (unpaired) electrons. The van der Waals surface area contributed by atoms with Gasteiger partial charge in [-0.25, -0.2) is 4.98 Å². The third-order valence-electron chi connectivity index (χ3n) is 3.08. The van der Waals surface area contributed by atoms with Crippen molar-refractivity contribution < 1.29 is 0 Å². The number of H-pyrrole nitrogens is 1. The van der Waals surface area contributed by atoms with Crippen LogP contribution in [0.4, 0.5) is 0 Å². The summed E-state index contributed by atoms with van der Waals surface area (Å²) in [6.07, 6.45) is 5.87. The molecule has 0 unspecified atom stereocenters. The number of benzene rings is 1. The maximum atomic E-state index is 11.9. The number of pyridine rings is 1. The molecule has 0 bridgehead atoms. The van der Waals surface area contributed by atoms with Crippen LogP contribution in [0.1, 0.15) is 11.1 Å². The van der Waals surface area contributed by atoms with E-state index in [9.17, 15) is 4.79 Å². The first-order chi connectivity index (χ1) is 9.76. The van der Waals surface area contributed by atoms with E-state index in [2.05, 4.69) is 21.0 Å². The summed E-state index contributed by atoms with van der Waals surface area (Å²) in [5.74, 6) is 0. The molecule has 20 heavy (non-hydrogen) atoms. The molecule has 3 aromatic rings. The summed E-state index contributed by atoms with van der Waals surface area (Å²) in [5.41, 5.74) is 2.53. The van der Waals surface area contributed by atoms with Crippen molar-refractivity contribution in [3.63, 3.8) is 0 Å². The highest BCUT2D eigenvalue weighted by Crippen LogP contribution is 2.14. The van der Waals surface area contributed by atoms with E-state index in [1.807, 2.05) is 36.7 Å². The molecule has 0 aliphatic rings. The zero-order chi connectivity index (χ0) is 13.9. The second-order valence-electron chi connectivity index (χ2n) is 4.46. The van der Waals surface area contributed by atoms with E-state index in [0.29, 0.717) is 17.1 Å². The van der Waals surface area contributed by atoms with Gasteiger partial charge in [-0.05, 0) is 24.0 Å². The number of rotatable bonds is 3. The van der Waals surface area contributed by atoms with Gasteiger partial charge in [0.15, 0.2) is 5.16 Å². The van der Waals surface area contributed by atoms with Crippen LogP contribution in [-0.2, 0) is 6.42 Å². The zero-order valence-corrected chi connectivity index (χ0v) is 11.8. The average Bonchev–Trinajstić information content (AvgIpc) is 2.49. The topological polar surface area (TPSA) is 58.6 Å². The number of para-hydroxylation sites is 1. The van der Waals surface area contributed by atoms with Crippen molar-refractivity contribution in [1.82, 2.24) is 15.0 Å². The first kappa shape index (κ1) is 12.9. The fraction of sp³-hybridized carbons (Fsp3) is 0.133. The van der Waals surface area contributed by atoms with Gasteiger partial charge in [-0.3, -0.25) is 9.78 Å². The number of nitrogens with one attached hydrogen (secondary N) is 1. The highest BCUT2D eigenvalue weighted by Gasteiger charge is 2.05. The third kappa shape index (κ3) is 2.58. The quantitative estimate of drug-likeness (QED) is 0.593. The summed E-state index contributed by atoms with van der Waals surface area (Å²) < 4.78 is 0. The maximum Gasteiger partial charge on any atom is 0.255 e. The van der Waals surface area contributed by atoms with Gasteiger partial charge in [0.1, 0.15) is 0 Å². The molecule has 0 spiro atoms. The Morgan fingerprint density at radius 2 is 2.05 bits per heavy atom. The lowest BCUT2D eigenvalue weighted by Crippen LogP contribution is -2.14. The van der Waals surface area contributed by atoms with Crippen molar-refractivity contribution in [1.29, 1.82) is 0 Å². The summed E-state index contributed by atoms with van der Waals surface area (Å²) >= 11 is 1.42. The predicted molar refractivity (Wildman–Crippen MR) is 81.2 cm³/mol. The highest BCUT2D eigenvalue weighted by molar-refractivity contribution is 7.98. The minimum atomic E-state index is -0.0856. The number of aromatic amines is 1. The van der Waals surface area contributed by atoms with E-state index in [4.69, 9.17) is 0 Å². The fourth-order valence-electron chi connectivity index (χ4n) is 2.07. The van der Waals surface area contributed by atoms with E-state index in [1.165, 1.54) is 11.8 Å². The summed E-state index contributed by atoms with van der Waals surface area (Å²) in [6.45, 7) is 0. The molecule has 2 heterocycles. The van der Waals surface area contributed by atoms with Crippen LogP contribution in [-0.4, -0.2) is 21.2 Å². The van der Waals surface area contributed by atoms with Crippen LogP contribution in [0.2, 0.25) is 0 Å². The van der Waals surface area contributed by atoms with Gasteiger partial charge in [0, 0.05) is 29.8 Å². The van der Waals surface area contributed by atoms with Crippen LogP contribution in [0.5, 0.6) is 0 Å². The van der Waals surface area contributed by atoms with E-state index < -0.39 is 0 Å². The Hall–Kier alpha value is -2.14. The van der Waals surface area contributed by atoms with E-state index >= 15 is 0 Å². The minimum Gasteiger partial charge on any atom is -0.301 e. The molecule has 100 valence electrons. The molecular weight excluding hydrogens is 270 g/mol. The summed E-state index contributed by atoms with van der Waals surface area (Å²) in [5, 5.41) is 1.71. The molecule has 3 rings (SSSR count). The number of nitrogens with zero attached hydrogens (tertiary/aromatic N) is 2. The van der Waals surface area contributed by atoms with E-state index in [0.717, 1.165) is 16.5 Å². The highest BCUT2D eigenvalue weighted by atomic mass is 32.2. The standard InChI is InChI=1S/C15H13N3OS/c1-20-15-17-9-12(14(19)18-15)7-10-6-11-4-2-3-5-13(11)16-8-10/h2-6,8-9H,7H2,1H3,(H,17,18,19). The number of fused-ring (bicyclic) bond motifs is 1. The lowest BCUT2D eigenvalue weighted by Gasteiger charge is -2.03. The molecule has 1 N–H and O–H groups in total. The van der Waals surface area contributed by atoms with E-state index in [-0.39, 0.29) is 5.56 Å². The smallest absolute Gasteiger partial charge is 0.255 e. The Labute approximate surface area is 120 Å². The van der Waals surface area contributed by atoms with Crippen LogP contribution in [0.25, 0.3) is 10.9 Å². The fourth-order valence-corrected chi connectivity index (χ4v) is 2.42. The van der Waals surface area contributed by atoms with Crippen LogP contribution in [0.15, 0.2) is 52.7 Å². The Morgan fingerprint density at radius 3 is 2.85 bits per heavy atom. The van der Waals surface area contributed by atoms with Gasteiger partial charge in [0.25, 0.3) is 5.56 Å². The number of thioether (sulfide) groups is 1. The average molecular weight is 283 g/mol. The molecule has 4 nitrogen and oxygen atoms in total. The maximum absolute atomic E-state index is 11.9. The Bertz CT molecular complexity index is 813. The molecule has 0 saturated carbocycles. The normalized spacial score (nSPS) is 10.8. The van der Waals surface area contributed by atoms with Crippen molar-refractivity contribution in [3.8, 4) is 0 Å². The molecule has 2 aromatic heterocycles. The van der Waals surface area contributed by atoms with Crippen molar-refractivity contribution >= 4 is 22.7 Å². The lowest BCUT2D eigenvalue weighted by atomic mass is 10.1. The minimum absolute atomic E-state index is 0.0856. The molecule has 0 atom stereocenters.